The fourth-order valence-electron chi connectivity index (χ4n) is 2.06. The van der Waals surface area contributed by atoms with E-state index in [-0.39, 0.29) is 23.9 Å². The van der Waals surface area contributed by atoms with Crippen LogP contribution in [0.3, 0.4) is 0 Å². The average Bonchev–Trinajstić information content (AvgIpc) is 2.34. The second-order valence-electron chi connectivity index (χ2n) is 3.61. The fourth-order valence-corrected chi connectivity index (χ4v) is 2.06. The lowest BCUT2D eigenvalue weighted by Gasteiger charge is -2.33. The Hall–Kier alpha value is -0.280. The molecular weight excluding hydrogens is 176 g/mol. The van der Waals surface area contributed by atoms with E-state index in [9.17, 15) is 4.79 Å². The van der Waals surface area contributed by atoms with Crippen LogP contribution in [0.25, 0.3) is 0 Å². The average molecular weight is 191 g/mol. The van der Waals surface area contributed by atoms with Gasteiger partial charge in [0.15, 0.2) is 0 Å². The molecule has 1 unspecified atom stereocenters. The van der Waals surface area contributed by atoms with Gasteiger partial charge in [-0.15, -0.1) is 12.4 Å². The van der Waals surface area contributed by atoms with Gasteiger partial charge in [-0.25, -0.2) is 0 Å². The molecule has 0 aliphatic carbocycles. The van der Waals surface area contributed by atoms with E-state index in [4.69, 9.17) is 0 Å². The van der Waals surface area contributed by atoms with Crippen LogP contribution in [-0.2, 0) is 4.79 Å². The van der Waals surface area contributed by atoms with E-state index in [0.29, 0.717) is 0 Å². The Bertz CT molecular complexity index is 178. The van der Waals surface area contributed by atoms with Crippen molar-refractivity contribution in [2.75, 3.05) is 13.1 Å². The minimum atomic E-state index is 0. The molecule has 2 heterocycles. The monoisotopic (exact) mass is 190 g/mol. The molecule has 0 saturated carbocycles. The Morgan fingerprint density at radius 2 is 2.17 bits per heavy atom. The molecule has 2 aliphatic heterocycles. The Morgan fingerprint density at radius 1 is 1.33 bits per heavy atom. The van der Waals surface area contributed by atoms with Crippen molar-refractivity contribution < 1.29 is 4.79 Å². The van der Waals surface area contributed by atoms with Crippen molar-refractivity contribution in [3.05, 3.63) is 0 Å². The number of amides is 1. The maximum atomic E-state index is 11.0. The largest absolute Gasteiger partial charge is 0.349 e. The predicted octanol–water partition coefficient (Wildman–Crippen LogP) is 0.440. The zero-order valence-electron chi connectivity index (χ0n) is 7.06. The van der Waals surface area contributed by atoms with Gasteiger partial charge in [-0.3, -0.25) is 4.79 Å². The van der Waals surface area contributed by atoms with E-state index >= 15 is 0 Å². The van der Waals surface area contributed by atoms with Crippen LogP contribution in [0.2, 0.25) is 0 Å². The minimum absolute atomic E-state index is 0. The molecule has 0 aromatic heterocycles. The summed E-state index contributed by atoms with van der Waals surface area (Å²) in [5, 5.41) is 6.39. The highest BCUT2D eigenvalue weighted by atomic mass is 35.5. The van der Waals surface area contributed by atoms with Gasteiger partial charge < -0.3 is 10.6 Å². The lowest BCUT2D eigenvalue weighted by molar-refractivity contribution is -0.119. The smallest absolute Gasteiger partial charge is 0.220 e. The first-order valence-corrected chi connectivity index (χ1v) is 4.33. The molecule has 1 spiro atoms. The van der Waals surface area contributed by atoms with Crippen molar-refractivity contribution in [2.45, 2.75) is 31.2 Å². The predicted molar refractivity (Wildman–Crippen MR) is 49.5 cm³/mol. The zero-order chi connectivity index (χ0) is 7.73. The van der Waals surface area contributed by atoms with Gasteiger partial charge >= 0.3 is 0 Å². The second kappa shape index (κ2) is 3.62. The number of rotatable bonds is 0. The number of carbonyl (C=O) groups is 1. The van der Waals surface area contributed by atoms with E-state index in [1.54, 1.807) is 0 Å². The number of nitrogens with one attached hydrogen (secondary N) is 2. The molecule has 2 N–H and O–H groups in total. The number of carbonyl (C=O) groups excluding carboxylic acids is 1. The molecule has 0 aromatic carbocycles. The maximum absolute atomic E-state index is 11.0. The molecule has 0 bridgehead atoms. The van der Waals surface area contributed by atoms with Crippen molar-refractivity contribution in [3.63, 3.8) is 0 Å². The van der Waals surface area contributed by atoms with Crippen molar-refractivity contribution >= 4 is 18.3 Å². The van der Waals surface area contributed by atoms with Crippen molar-refractivity contribution in [1.82, 2.24) is 10.6 Å². The Morgan fingerprint density at radius 3 is 2.67 bits per heavy atom. The van der Waals surface area contributed by atoms with Crippen LogP contribution < -0.4 is 10.6 Å². The second-order valence-corrected chi connectivity index (χ2v) is 3.61. The molecule has 2 saturated heterocycles. The summed E-state index contributed by atoms with van der Waals surface area (Å²) in [6, 6.07) is 0. The molecule has 1 atom stereocenters. The van der Waals surface area contributed by atoms with Crippen molar-refractivity contribution in [1.29, 1.82) is 0 Å². The van der Waals surface area contributed by atoms with Crippen LogP contribution >= 0.6 is 12.4 Å². The van der Waals surface area contributed by atoms with Crippen molar-refractivity contribution in [3.8, 4) is 0 Å². The first-order chi connectivity index (χ1) is 5.31. The summed E-state index contributed by atoms with van der Waals surface area (Å²) in [7, 11) is 0. The van der Waals surface area contributed by atoms with Gasteiger partial charge in [0.25, 0.3) is 0 Å². The van der Waals surface area contributed by atoms with E-state index in [2.05, 4.69) is 10.6 Å². The molecule has 0 radical (unpaired) electrons. The molecule has 2 fully saturated rings. The van der Waals surface area contributed by atoms with Gasteiger partial charge in [0.1, 0.15) is 0 Å². The molecule has 70 valence electrons. The summed E-state index contributed by atoms with van der Waals surface area (Å²) in [6.07, 6.45) is 4.10. The van der Waals surface area contributed by atoms with Crippen LogP contribution in [0.15, 0.2) is 0 Å². The number of piperidine rings is 1. The minimum Gasteiger partial charge on any atom is -0.349 e. The van der Waals surface area contributed by atoms with Gasteiger partial charge in [0.2, 0.25) is 5.91 Å². The molecule has 3 nitrogen and oxygen atoms in total. The number of hydrogen-bond donors (Lipinski definition) is 2. The Labute approximate surface area is 78.7 Å². The molecule has 12 heavy (non-hydrogen) atoms. The van der Waals surface area contributed by atoms with Crippen molar-refractivity contribution in [2.24, 2.45) is 0 Å². The summed E-state index contributed by atoms with van der Waals surface area (Å²) in [5.74, 6) is 0.230. The van der Waals surface area contributed by atoms with Crippen LogP contribution in [0, 0.1) is 0 Å². The summed E-state index contributed by atoms with van der Waals surface area (Å²) in [5.41, 5.74) is 0.134. The zero-order valence-corrected chi connectivity index (χ0v) is 7.88. The van der Waals surface area contributed by atoms with Gasteiger partial charge in [-0.2, -0.15) is 0 Å². The highest BCUT2D eigenvalue weighted by Crippen LogP contribution is 2.26. The van der Waals surface area contributed by atoms with E-state index in [0.717, 1.165) is 32.4 Å². The Kier molecular flexibility index (Phi) is 2.96. The summed E-state index contributed by atoms with van der Waals surface area (Å²) >= 11 is 0. The maximum Gasteiger partial charge on any atom is 0.220 e. The molecule has 0 aromatic rings. The topological polar surface area (TPSA) is 41.1 Å². The molecule has 2 rings (SSSR count). The summed E-state index contributed by atoms with van der Waals surface area (Å²) < 4.78 is 0. The van der Waals surface area contributed by atoms with Gasteiger partial charge in [-0.05, 0) is 25.8 Å². The van der Waals surface area contributed by atoms with Gasteiger partial charge in [-0.1, -0.05) is 0 Å². The SMILES string of the molecule is Cl.O=C1CCC2(CCCNC2)N1. The number of halogens is 1. The standard InChI is InChI=1S/C8H14N2O.ClH/c11-7-2-4-8(10-7)3-1-5-9-6-8;/h9H,1-6H2,(H,10,11);1H. The highest BCUT2D eigenvalue weighted by Gasteiger charge is 2.38. The van der Waals surface area contributed by atoms with Gasteiger partial charge in [0, 0.05) is 13.0 Å². The molecular formula is C8H15ClN2O. The van der Waals surface area contributed by atoms with Crippen LogP contribution in [0.4, 0.5) is 0 Å². The number of hydrogen-bond acceptors (Lipinski definition) is 2. The first-order valence-electron chi connectivity index (χ1n) is 4.33. The first kappa shape index (κ1) is 9.81. The molecule has 2 aliphatic rings. The highest BCUT2D eigenvalue weighted by molar-refractivity contribution is 5.85. The van der Waals surface area contributed by atoms with Gasteiger partial charge in [0.05, 0.1) is 5.54 Å². The van der Waals surface area contributed by atoms with Crippen LogP contribution in [0.1, 0.15) is 25.7 Å². The third-order valence-electron chi connectivity index (χ3n) is 2.71. The third kappa shape index (κ3) is 1.72. The Balaban J connectivity index is 0.000000720. The quantitative estimate of drug-likeness (QED) is 0.582. The van der Waals surface area contributed by atoms with E-state index < -0.39 is 0 Å². The summed E-state index contributed by atoms with van der Waals surface area (Å²) in [6.45, 7) is 2.08. The normalized spacial score (nSPS) is 34.5. The lowest BCUT2D eigenvalue weighted by Crippen LogP contribution is -2.52. The fraction of sp³-hybridized carbons (Fsp3) is 0.875. The lowest BCUT2D eigenvalue weighted by atomic mass is 9.89. The summed E-state index contributed by atoms with van der Waals surface area (Å²) in [4.78, 5) is 11.0. The van der Waals surface area contributed by atoms with Crippen LogP contribution in [-0.4, -0.2) is 24.5 Å². The third-order valence-corrected chi connectivity index (χ3v) is 2.71. The van der Waals surface area contributed by atoms with Crippen LogP contribution in [0.5, 0.6) is 0 Å². The van der Waals surface area contributed by atoms with E-state index in [1.807, 2.05) is 0 Å². The van der Waals surface area contributed by atoms with E-state index in [1.165, 1.54) is 6.42 Å². The molecule has 4 heteroatoms. The molecule has 1 amide bonds.